The summed E-state index contributed by atoms with van der Waals surface area (Å²) in [6.45, 7) is 13.7. The van der Waals surface area contributed by atoms with E-state index in [1.54, 1.807) is 12.1 Å². The molecule has 1 rings (SSSR count). The third-order valence-electron chi connectivity index (χ3n) is 16.0. The van der Waals surface area contributed by atoms with Gasteiger partial charge in [0.2, 0.25) is 0 Å². The lowest BCUT2D eigenvalue weighted by atomic mass is 10.0. The first kappa shape index (κ1) is 69.7. The van der Waals surface area contributed by atoms with Crippen molar-refractivity contribution in [1.29, 1.82) is 0 Å². The van der Waals surface area contributed by atoms with Crippen LogP contribution in [0.25, 0.3) is 0 Å². The summed E-state index contributed by atoms with van der Waals surface area (Å²) in [5, 5.41) is 0. The Morgan fingerprint density at radius 3 is 0.838 bits per heavy atom. The molecule has 0 radical (unpaired) electrons. The molecule has 2 atom stereocenters. The lowest BCUT2D eigenvalue weighted by molar-refractivity contribution is 0.0201. The van der Waals surface area contributed by atoms with Crippen LogP contribution in [-0.2, 0) is 9.47 Å². The molecule has 0 fully saturated rings. The number of carbonyl (C=O) groups excluding carboxylic acids is 2. The Balaban J connectivity index is 2.66. The number of ether oxygens (including phenoxy) is 2. The van der Waals surface area contributed by atoms with Crippen molar-refractivity contribution in [2.45, 2.75) is 375 Å². The zero-order valence-electron chi connectivity index (χ0n) is 50.6. The van der Waals surface area contributed by atoms with Crippen molar-refractivity contribution in [3.63, 3.8) is 0 Å². The summed E-state index contributed by atoms with van der Waals surface area (Å²) in [4.78, 5) is 28.1. The second-order valence-electron chi connectivity index (χ2n) is 23.4. The molecule has 0 aliphatic carbocycles. The molecule has 1 aromatic carbocycles. The third-order valence-corrected chi connectivity index (χ3v) is 16.0. The van der Waals surface area contributed by atoms with E-state index < -0.39 is 0 Å². The number of hydrogen-bond donors (Lipinski definition) is 0. The van der Waals surface area contributed by atoms with Crippen LogP contribution in [0.3, 0.4) is 0 Å². The Morgan fingerprint density at radius 2 is 0.568 bits per heavy atom. The summed E-state index contributed by atoms with van der Waals surface area (Å²) in [5.41, 5.74) is 3.75. The highest BCUT2D eigenvalue weighted by atomic mass is 16.5. The first-order valence-corrected chi connectivity index (χ1v) is 33.2. The minimum atomic E-state index is -0.375. The summed E-state index contributed by atoms with van der Waals surface area (Å²) in [5.74, 6) is -0.750. The second kappa shape index (κ2) is 54.0. The van der Waals surface area contributed by atoms with Crippen LogP contribution >= 0.6 is 0 Å². The molecule has 1 aromatic rings. The van der Waals surface area contributed by atoms with Gasteiger partial charge < -0.3 is 9.47 Å². The van der Waals surface area contributed by atoms with Crippen molar-refractivity contribution < 1.29 is 19.1 Å². The van der Waals surface area contributed by atoms with Crippen LogP contribution in [0.4, 0.5) is 0 Å². The minimum Gasteiger partial charge on any atom is -0.459 e. The minimum absolute atomic E-state index is 0.131. The molecule has 0 aliphatic heterocycles. The molecule has 0 aliphatic rings. The average molecular weight is 1030 g/mol. The fourth-order valence-corrected chi connectivity index (χ4v) is 10.9. The second-order valence-corrected chi connectivity index (χ2v) is 23.4. The van der Waals surface area contributed by atoms with E-state index in [1.165, 1.54) is 255 Å². The van der Waals surface area contributed by atoms with E-state index in [-0.39, 0.29) is 24.1 Å². The average Bonchev–Trinajstić information content (AvgIpc) is 3.40. The standard InChI is InChI=1S/C70H126O4/c1-7-11-15-19-23-25-27-29-31-33-35-37-43-53-63(5)55-45-41-49-59-65(57-47-39-21-17-13-9-3)73-69(71)67-61-51-52-62-68(67)70(72)74-66(58-48-40-22-18-14-10-4)60-50-42-46-56-64(6)54-44-38-36-34-32-30-28-26-24-20-16-12-8-2/h51-54,61-62,65-66H,7-50,55-60H2,1-6H3. The van der Waals surface area contributed by atoms with Gasteiger partial charge in [-0.3, -0.25) is 0 Å². The van der Waals surface area contributed by atoms with Crippen LogP contribution in [-0.4, -0.2) is 24.1 Å². The maximum absolute atomic E-state index is 14.0. The summed E-state index contributed by atoms with van der Waals surface area (Å²) >= 11 is 0. The predicted molar refractivity (Wildman–Crippen MR) is 326 cm³/mol. The lowest BCUT2D eigenvalue weighted by Crippen LogP contribution is -2.23. The largest absolute Gasteiger partial charge is 0.459 e. The molecule has 0 bridgehead atoms. The monoisotopic (exact) mass is 1030 g/mol. The normalized spacial score (nSPS) is 12.9. The number of allylic oxidation sites excluding steroid dienone is 4. The van der Waals surface area contributed by atoms with Crippen molar-refractivity contribution in [2.75, 3.05) is 0 Å². The van der Waals surface area contributed by atoms with Crippen molar-refractivity contribution >= 4 is 11.9 Å². The number of benzene rings is 1. The molecule has 2 unspecified atom stereocenters. The molecule has 74 heavy (non-hydrogen) atoms. The van der Waals surface area contributed by atoms with Gasteiger partial charge in [-0.15, -0.1) is 0 Å². The van der Waals surface area contributed by atoms with E-state index in [4.69, 9.17) is 9.47 Å². The number of hydrogen-bond acceptors (Lipinski definition) is 4. The SMILES string of the molecule is CCCCCCCCCCCCCCC=C(C)CCCCCC(CCCCCCCC)OC(=O)c1ccccc1C(=O)OC(CCCCCCCC)CCCCCC(C)=CCCCCCCCCCCCCCC. The van der Waals surface area contributed by atoms with Gasteiger partial charge in [-0.2, -0.15) is 0 Å². The van der Waals surface area contributed by atoms with Crippen molar-refractivity contribution in [3.8, 4) is 0 Å². The van der Waals surface area contributed by atoms with Gasteiger partial charge in [-0.25, -0.2) is 9.59 Å². The summed E-state index contributed by atoms with van der Waals surface area (Å²) < 4.78 is 12.7. The van der Waals surface area contributed by atoms with Crippen LogP contribution in [0.2, 0.25) is 0 Å². The molecule has 4 heteroatoms. The Hall–Kier alpha value is -2.36. The van der Waals surface area contributed by atoms with Gasteiger partial charge in [0.15, 0.2) is 0 Å². The van der Waals surface area contributed by atoms with Crippen LogP contribution in [0, 0.1) is 0 Å². The van der Waals surface area contributed by atoms with Crippen molar-refractivity contribution in [2.24, 2.45) is 0 Å². The smallest absolute Gasteiger partial charge is 0.339 e. The molecule has 0 saturated carbocycles. The van der Waals surface area contributed by atoms with Gasteiger partial charge in [-0.1, -0.05) is 281 Å². The summed E-state index contributed by atoms with van der Waals surface area (Å²) in [6.07, 6.45) is 67.9. The highest BCUT2D eigenvalue weighted by molar-refractivity contribution is 6.03. The fraction of sp³-hybridized carbons (Fsp3) is 0.829. The number of esters is 2. The molecule has 0 saturated heterocycles. The highest BCUT2D eigenvalue weighted by Gasteiger charge is 2.24. The van der Waals surface area contributed by atoms with Crippen molar-refractivity contribution in [1.82, 2.24) is 0 Å². The molecule has 430 valence electrons. The van der Waals surface area contributed by atoms with E-state index in [0.29, 0.717) is 11.1 Å². The van der Waals surface area contributed by atoms with Gasteiger partial charge in [0.1, 0.15) is 12.2 Å². The molecule has 0 spiro atoms. The number of unbranched alkanes of at least 4 members (excludes halogenated alkanes) is 38. The summed E-state index contributed by atoms with van der Waals surface area (Å²) in [7, 11) is 0. The Kier molecular flexibility index (Phi) is 50.8. The van der Waals surface area contributed by atoms with E-state index >= 15 is 0 Å². The highest BCUT2D eigenvalue weighted by Crippen LogP contribution is 2.24. The topological polar surface area (TPSA) is 52.6 Å². The van der Waals surface area contributed by atoms with E-state index in [2.05, 4.69) is 53.7 Å². The Bertz CT molecular complexity index is 1330. The maximum atomic E-state index is 14.0. The fourth-order valence-electron chi connectivity index (χ4n) is 10.9. The Labute approximate surface area is 462 Å². The third kappa shape index (κ3) is 43.7. The van der Waals surface area contributed by atoms with Crippen LogP contribution in [0.15, 0.2) is 47.6 Å². The van der Waals surface area contributed by atoms with Gasteiger partial charge in [0.05, 0.1) is 11.1 Å². The molecule has 4 nitrogen and oxygen atoms in total. The van der Waals surface area contributed by atoms with Gasteiger partial charge in [0.25, 0.3) is 0 Å². The molecule has 0 aromatic heterocycles. The maximum Gasteiger partial charge on any atom is 0.339 e. The van der Waals surface area contributed by atoms with E-state index in [0.717, 1.165) is 77.0 Å². The zero-order valence-corrected chi connectivity index (χ0v) is 50.6. The Morgan fingerprint density at radius 1 is 0.338 bits per heavy atom. The van der Waals surface area contributed by atoms with Crippen LogP contribution in [0.5, 0.6) is 0 Å². The van der Waals surface area contributed by atoms with Crippen LogP contribution in [0.1, 0.15) is 383 Å². The van der Waals surface area contributed by atoms with E-state index in [9.17, 15) is 9.59 Å². The summed E-state index contributed by atoms with van der Waals surface area (Å²) in [6, 6.07) is 7.24. The van der Waals surface area contributed by atoms with Crippen LogP contribution < -0.4 is 0 Å². The quantitative estimate of drug-likeness (QED) is 0.0371. The molecule has 0 N–H and O–H groups in total. The first-order valence-electron chi connectivity index (χ1n) is 33.2. The molecular weight excluding hydrogens is 905 g/mol. The van der Waals surface area contributed by atoms with Gasteiger partial charge >= 0.3 is 11.9 Å². The van der Waals surface area contributed by atoms with E-state index in [1.807, 2.05) is 12.1 Å². The zero-order chi connectivity index (χ0) is 53.6. The molecular formula is C70H126O4. The lowest BCUT2D eigenvalue weighted by Gasteiger charge is -2.21. The predicted octanol–water partition coefficient (Wildman–Crippen LogP) is 24.2. The molecule has 0 heterocycles. The van der Waals surface area contributed by atoms with Gasteiger partial charge in [0, 0.05) is 0 Å². The van der Waals surface area contributed by atoms with Crippen molar-refractivity contribution in [3.05, 3.63) is 58.7 Å². The number of rotatable bonds is 56. The number of carbonyl (C=O) groups is 2. The molecule has 0 amide bonds. The van der Waals surface area contributed by atoms with Gasteiger partial charge in [-0.05, 0) is 129 Å². The first-order chi connectivity index (χ1) is 36.4.